The van der Waals surface area contributed by atoms with Crippen molar-refractivity contribution in [1.82, 2.24) is 14.7 Å². The van der Waals surface area contributed by atoms with E-state index < -0.39 is 22.7 Å². The third-order valence-electron chi connectivity index (χ3n) is 4.70. The number of fused-ring (bicyclic) bond motifs is 1. The summed E-state index contributed by atoms with van der Waals surface area (Å²) in [5.74, 6) is 1.46. The van der Waals surface area contributed by atoms with Crippen molar-refractivity contribution in [2.75, 3.05) is 11.5 Å². The van der Waals surface area contributed by atoms with Crippen LogP contribution in [-0.4, -0.2) is 31.7 Å². The maximum absolute atomic E-state index is 13.0. The number of alkyl halides is 3. The van der Waals surface area contributed by atoms with Gasteiger partial charge in [0.25, 0.3) is 0 Å². The van der Waals surface area contributed by atoms with E-state index in [0.29, 0.717) is 11.4 Å². The molecule has 0 aliphatic carbocycles. The molecule has 0 aromatic carbocycles. The van der Waals surface area contributed by atoms with Crippen molar-refractivity contribution < 1.29 is 17.4 Å². The summed E-state index contributed by atoms with van der Waals surface area (Å²) in [4.78, 5) is 9.47. The zero-order valence-electron chi connectivity index (χ0n) is 14.9. The number of H-pyrrole nitrogens is 1. The Bertz CT molecular complexity index is 1020. The molecule has 3 aromatic rings. The molecular formula is C18H18F3N3OS3. The largest absolute Gasteiger partial charge is 0.431 e. The number of rotatable bonds is 4. The third-order valence-corrected chi connectivity index (χ3v) is 8.39. The van der Waals surface area contributed by atoms with Crippen LogP contribution in [0.2, 0.25) is 0 Å². The topological polar surface area (TPSA) is 57.8 Å². The van der Waals surface area contributed by atoms with Gasteiger partial charge in [-0.05, 0) is 49.9 Å². The van der Waals surface area contributed by atoms with Crippen LogP contribution >= 0.6 is 23.3 Å². The summed E-state index contributed by atoms with van der Waals surface area (Å²) in [6.07, 6.45) is -1.12. The first-order valence-corrected chi connectivity index (χ1v) is 11.9. The number of nitrogens with one attached hydrogen (secondary N) is 2. The minimum atomic E-state index is -4.43. The summed E-state index contributed by atoms with van der Waals surface area (Å²) < 4.78 is 54.0. The fourth-order valence-corrected chi connectivity index (χ4v) is 6.58. The summed E-state index contributed by atoms with van der Waals surface area (Å²) in [6.45, 7) is 2.00. The van der Waals surface area contributed by atoms with Gasteiger partial charge in [-0.15, -0.1) is 11.3 Å². The van der Waals surface area contributed by atoms with E-state index >= 15 is 0 Å². The van der Waals surface area contributed by atoms with E-state index in [0.717, 1.165) is 50.6 Å². The smallest absolute Gasteiger partial charge is 0.336 e. The number of aromatic nitrogens is 2. The van der Waals surface area contributed by atoms with E-state index in [2.05, 4.69) is 14.7 Å². The Morgan fingerprint density at radius 3 is 2.79 bits per heavy atom. The van der Waals surface area contributed by atoms with Gasteiger partial charge in [0.2, 0.25) is 0 Å². The highest BCUT2D eigenvalue weighted by Gasteiger charge is 2.33. The van der Waals surface area contributed by atoms with Crippen LogP contribution in [0.1, 0.15) is 23.4 Å². The van der Waals surface area contributed by atoms with E-state index in [-0.39, 0.29) is 5.65 Å². The van der Waals surface area contributed by atoms with Gasteiger partial charge in [0.1, 0.15) is 11.3 Å². The molecule has 0 saturated carbocycles. The van der Waals surface area contributed by atoms with Crippen LogP contribution in [-0.2, 0) is 17.0 Å². The van der Waals surface area contributed by atoms with Crippen LogP contribution in [0.5, 0.6) is 0 Å². The van der Waals surface area contributed by atoms with Gasteiger partial charge < -0.3 is 4.98 Å². The van der Waals surface area contributed by atoms with Crippen molar-refractivity contribution in [2.45, 2.75) is 36.9 Å². The Morgan fingerprint density at radius 1 is 1.32 bits per heavy atom. The molecule has 0 spiro atoms. The zero-order valence-corrected chi connectivity index (χ0v) is 17.4. The average Bonchev–Trinajstić information content (AvgIpc) is 3.24. The molecule has 1 fully saturated rings. The Kier molecular flexibility index (Phi) is 5.56. The van der Waals surface area contributed by atoms with Crippen LogP contribution in [0, 0.1) is 6.92 Å². The van der Waals surface area contributed by atoms with Crippen LogP contribution in [0.3, 0.4) is 0 Å². The lowest BCUT2D eigenvalue weighted by Crippen LogP contribution is -2.31. The number of thiophene rings is 1. The number of hydrogen-bond acceptors (Lipinski definition) is 5. The number of aromatic amines is 1. The molecule has 0 bridgehead atoms. The van der Waals surface area contributed by atoms with Crippen LogP contribution in [0.25, 0.3) is 21.5 Å². The molecule has 3 aromatic heterocycles. The molecule has 4 heterocycles. The lowest BCUT2D eigenvalue weighted by molar-refractivity contribution is -0.140. The zero-order chi connectivity index (χ0) is 19.9. The molecule has 0 amide bonds. The number of halogens is 3. The SMILES string of the molecule is Cc1sc(-c2ccnc3[nH]c(C(F)(F)F)cc23)cc1SNC1CCS(=O)CC1. The third kappa shape index (κ3) is 4.14. The van der Waals surface area contributed by atoms with E-state index in [1.807, 2.05) is 13.0 Å². The van der Waals surface area contributed by atoms with Crippen molar-refractivity contribution >= 4 is 45.1 Å². The highest BCUT2D eigenvalue weighted by Crippen LogP contribution is 2.40. The van der Waals surface area contributed by atoms with E-state index in [1.54, 1.807) is 29.4 Å². The summed E-state index contributed by atoms with van der Waals surface area (Å²) in [5, 5.41) is 0.468. The van der Waals surface area contributed by atoms with Crippen LogP contribution in [0.4, 0.5) is 13.2 Å². The first-order chi connectivity index (χ1) is 13.3. The van der Waals surface area contributed by atoms with Crippen molar-refractivity contribution in [2.24, 2.45) is 0 Å². The molecule has 1 saturated heterocycles. The molecule has 2 N–H and O–H groups in total. The molecule has 10 heteroatoms. The van der Waals surface area contributed by atoms with Gasteiger partial charge in [-0.1, -0.05) is 0 Å². The molecule has 4 rings (SSSR count). The van der Waals surface area contributed by atoms with Gasteiger partial charge in [-0.2, -0.15) is 13.2 Å². The fraction of sp³-hybridized carbons (Fsp3) is 0.389. The molecule has 4 nitrogen and oxygen atoms in total. The number of pyridine rings is 1. The lowest BCUT2D eigenvalue weighted by Gasteiger charge is -2.21. The highest BCUT2D eigenvalue weighted by atomic mass is 32.2. The molecular weight excluding hydrogens is 427 g/mol. The minimum absolute atomic E-state index is 0.235. The average molecular weight is 446 g/mol. The summed E-state index contributed by atoms with van der Waals surface area (Å²) >= 11 is 3.10. The van der Waals surface area contributed by atoms with Gasteiger partial charge in [0, 0.05) is 60.1 Å². The van der Waals surface area contributed by atoms with Crippen molar-refractivity contribution in [3.8, 4) is 10.4 Å². The van der Waals surface area contributed by atoms with E-state index in [9.17, 15) is 17.4 Å². The van der Waals surface area contributed by atoms with Gasteiger partial charge in [0.05, 0.1) is 0 Å². The van der Waals surface area contributed by atoms with Crippen molar-refractivity contribution in [3.05, 3.63) is 35.0 Å². The molecule has 0 radical (unpaired) electrons. The Hall–Kier alpha value is -1.36. The molecule has 1 aliphatic rings. The second-order valence-electron chi connectivity index (χ2n) is 6.67. The van der Waals surface area contributed by atoms with Crippen molar-refractivity contribution in [1.29, 1.82) is 0 Å². The maximum Gasteiger partial charge on any atom is 0.431 e. The second-order valence-corrected chi connectivity index (χ2v) is 10.5. The van der Waals surface area contributed by atoms with Crippen molar-refractivity contribution in [3.63, 3.8) is 0 Å². The monoisotopic (exact) mass is 445 g/mol. The minimum Gasteiger partial charge on any atom is -0.336 e. The van der Waals surface area contributed by atoms with Crippen LogP contribution in [0.15, 0.2) is 29.3 Å². The first kappa shape index (κ1) is 19.9. The quantitative estimate of drug-likeness (QED) is 0.547. The van der Waals surface area contributed by atoms with Gasteiger partial charge >= 0.3 is 6.18 Å². The van der Waals surface area contributed by atoms with Gasteiger partial charge in [0.15, 0.2) is 0 Å². The number of nitrogens with zero attached hydrogens (tertiary/aromatic N) is 1. The number of hydrogen-bond donors (Lipinski definition) is 2. The molecule has 0 unspecified atom stereocenters. The highest BCUT2D eigenvalue weighted by molar-refractivity contribution is 7.97. The summed E-state index contributed by atoms with van der Waals surface area (Å²) in [7, 11) is -0.688. The normalized spacial score (nSPS) is 20.7. The Morgan fingerprint density at radius 2 is 2.07 bits per heavy atom. The predicted molar refractivity (Wildman–Crippen MR) is 109 cm³/mol. The molecule has 1 aliphatic heterocycles. The van der Waals surface area contributed by atoms with Crippen LogP contribution < -0.4 is 4.72 Å². The molecule has 0 atom stereocenters. The Balaban J connectivity index is 1.58. The summed E-state index contributed by atoms with van der Waals surface area (Å²) in [5.41, 5.74) is 0.185. The first-order valence-electron chi connectivity index (χ1n) is 8.74. The Labute approximate surface area is 170 Å². The molecule has 150 valence electrons. The second kappa shape index (κ2) is 7.81. The fourth-order valence-electron chi connectivity index (χ4n) is 3.15. The maximum atomic E-state index is 13.0. The lowest BCUT2D eigenvalue weighted by atomic mass is 10.1. The van der Waals surface area contributed by atoms with E-state index in [4.69, 9.17) is 0 Å². The standard InChI is InChI=1S/C18H18F3N3OS3/c1-10-14(27-24-11-3-6-28(25)7-4-11)9-15(26-10)12-2-5-22-17-13(12)8-16(23-17)18(19,20)21/h2,5,8-9,11,24H,3-4,6-7H2,1H3,(H,22,23). The number of aryl methyl sites for hydroxylation is 1. The van der Waals surface area contributed by atoms with E-state index in [1.165, 1.54) is 6.20 Å². The molecule has 28 heavy (non-hydrogen) atoms. The summed E-state index contributed by atoms with van der Waals surface area (Å²) in [6, 6.07) is 5.21. The predicted octanol–water partition coefficient (Wildman–Crippen LogP) is 5.13. The van der Waals surface area contributed by atoms with Gasteiger partial charge in [-0.25, -0.2) is 4.98 Å². The van der Waals surface area contributed by atoms with Gasteiger partial charge in [-0.3, -0.25) is 8.93 Å².